The third-order valence-electron chi connectivity index (χ3n) is 4.75. The Bertz CT molecular complexity index is 1070. The Hall–Kier alpha value is -2.56. The minimum atomic E-state index is -1.07. The SMILES string of the molecule is O=C(Nc1cnccc1N(C(=O)O)C1CCCNC1)c1ccc2scc(Br)c2n1. The van der Waals surface area contributed by atoms with Crippen molar-refractivity contribution < 1.29 is 14.7 Å². The van der Waals surface area contributed by atoms with Crippen LogP contribution in [-0.4, -0.2) is 46.2 Å². The van der Waals surface area contributed by atoms with E-state index in [2.05, 4.69) is 36.5 Å². The zero-order valence-electron chi connectivity index (χ0n) is 15.3. The lowest BCUT2D eigenvalue weighted by molar-refractivity contribution is 0.102. The summed E-state index contributed by atoms with van der Waals surface area (Å²) in [4.78, 5) is 34.6. The second kappa shape index (κ2) is 8.44. The van der Waals surface area contributed by atoms with Crippen molar-refractivity contribution in [1.82, 2.24) is 15.3 Å². The van der Waals surface area contributed by atoms with Crippen LogP contribution in [-0.2, 0) is 0 Å². The highest BCUT2D eigenvalue weighted by Crippen LogP contribution is 2.31. The van der Waals surface area contributed by atoms with Crippen LogP contribution >= 0.6 is 27.3 Å². The number of nitrogens with zero attached hydrogens (tertiary/aromatic N) is 3. The Morgan fingerprint density at radius 2 is 2.21 bits per heavy atom. The largest absolute Gasteiger partial charge is 0.465 e. The average Bonchev–Trinajstić information content (AvgIpc) is 3.10. The number of hydrogen-bond acceptors (Lipinski definition) is 6. The number of anilines is 2. The number of pyridine rings is 2. The van der Waals surface area contributed by atoms with Gasteiger partial charge in [0.1, 0.15) is 5.69 Å². The van der Waals surface area contributed by atoms with Gasteiger partial charge >= 0.3 is 6.09 Å². The van der Waals surface area contributed by atoms with Crippen LogP contribution in [0.3, 0.4) is 0 Å². The molecule has 3 aromatic heterocycles. The zero-order chi connectivity index (χ0) is 20.4. The van der Waals surface area contributed by atoms with Crippen LogP contribution in [0.15, 0.2) is 40.4 Å². The maximum atomic E-state index is 12.8. The monoisotopic (exact) mass is 475 g/mol. The first-order valence-corrected chi connectivity index (χ1v) is 10.7. The van der Waals surface area contributed by atoms with Gasteiger partial charge in [-0.25, -0.2) is 9.78 Å². The van der Waals surface area contributed by atoms with Gasteiger partial charge in [0.25, 0.3) is 5.91 Å². The van der Waals surface area contributed by atoms with Gasteiger partial charge in [0.2, 0.25) is 0 Å². The Kier molecular flexibility index (Phi) is 5.74. The van der Waals surface area contributed by atoms with Crippen LogP contribution in [0.1, 0.15) is 23.3 Å². The number of carbonyl (C=O) groups excluding carboxylic acids is 1. The molecule has 4 heterocycles. The molecule has 0 aromatic carbocycles. The van der Waals surface area contributed by atoms with Gasteiger partial charge in [-0.1, -0.05) is 0 Å². The van der Waals surface area contributed by atoms with Gasteiger partial charge in [-0.15, -0.1) is 11.3 Å². The number of carbonyl (C=O) groups is 2. The number of hydrogen-bond donors (Lipinski definition) is 3. The normalized spacial score (nSPS) is 16.5. The van der Waals surface area contributed by atoms with Crippen molar-refractivity contribution in [3.8, 4) is 0 Å². The van der Waals surface area contributed by atoms with Gasteiger partial charge in [-0.3, -0.25) is 14.7 Å². The van der Waals surface area contributed by atoms with Crippen molar-refractivity contribution in [2.75, 3.05) is 23.3 Å². The molecular formula is C19H18BrN5O3S. The van der Waals surface area contributed by atoms with Gasteiger partial charge < -0.3 is 15.7 Å². The highest BCUT2D eigenvalue weighted by molar-refractivity contribution is 9.10. The molecule has 29 heavy (non-hydrogen) atoms. The van der Waals surface area contributed by atoms with Crippen molar-refractivity contribution in [2.24, 2.45) is 0 Å². The zero-order valence-corrected chi connectivity index (χ0v) is 17.7. The molecule has 2 amide bonds. The standard InChI is InChI=1S/C19H18BrN5O3S/c20-12-10-29-16-4-3-13(23-17(12)16)18(26)24-14-9-22-7-5-15(14)25(19(27)28)11-2-1-6-21-8-11/h3-5,7,9-11,21H,1-2,6,8H2,(H,24,26)(H,27,28). The Labute approximate surface area is 179 Å². The van der Waals surface area contributed by atoms with Crippen LogP contribution in [0, 0.1) is 0 Å². The van der Waals surface area contributed by atoms with E-state index in [1.165, 1.54) is 28.6 Å². The minimum Gasteiger partial charge on any atom is -0.465 e. The number of fused-ring (bicyclic) bond motifs is 1. The quantitative estimate of drug-likeness (QED) is 0.527. The Balaban J connectivity index is 1.63. The van der Waals surface area contributed by atoms with E-state index in [0.717, 1.165) is 34.1 Å². The maximum Gasteiger partial charge on any atom is 0.412 e. The summed E-state index contributed by atoms with van der Waals surface area (Å²) >= 11 is 4.97. The summed E-state index contributed by atoms with van der Waals surface area (Å²) < 4.78 is 1.80. The molecule has 3 aromatic rings. The van der Waals surface area contributed by atoms with Crippen LogP contribution in [0.2, 0.25) is 0 Å². The van der Waals surface area contributed by atoms with E-state index in [1.54, 1.807) is 12.1 Å². The first kappa shape index (κ1) is 19.7. The fourth-order valence-electron chi connectivity index (χ4n) is 3.40. The van der Waals surface area contributed by atoms with E-state index in [-0.39, 0.29) is 11.7 Å². The minimum absolute atomic E-state index is 0.212. The summed E-state index contributed by atoms with van der Waals surface area (Å²) in [5.41, 5.74) is 1.69. The van der Waals surface area contributed by atoms with E-state index in [0.29, 0.717) is 17.9 Å². The van der Waals surface area contributed by atoms with Gasteiger partial charge in [-0.05, 0) is 53.5 Å². The highest BCUT2D eigenvalue weighted by Gasteiger charge is 2.29. The summed E-state index contributed by atoms with van der Waals surface area (Å²) in [5.74, 6) is -0.425. The Morgan fingerprint density at radius 3 is 2.97 bits per heavy atom. The number of piperidine rings is 1. The molecule has 0 saturated carbocycles. The molecule has 1 fully saturated rings. The fourth-order valence-corrected chi connectivity index (χ4v) is 4.87. The third kappa shape index (κ3) is 4.09. The molecule has 1 atom stereocenters. The predicted molar refractivity (Wildman–Crippen MR) is 116 cm³/mol. The lowest BCUT2D eigenvalue weighted by atomic mass is 10.1. The average molecular weight is 476 g/mol. The van der Waals surface area contributed by atoms with Gasteiger partial charge in [-0.2, -0.15) is 0 Å². The van der Waals surface area contributed by atoms with E-state index in [9.17, 15) is 14.7 Å². The predicted octanol–water partition coefficient (Wildman–Crippen LogP) is 3.94. The number of amides is 2. The first-order chi connectivity index (χ1) is 14.0. The van der Waals surface area contributed by atoms with Crippen LogP contribution < -0.4 is 15.5 Å². The molecule has 8 nitrogen and oxygen atoms in total. The smallest absolute Gasteiger partial charge is 0.412 e. The molecule has 0 spiro atoms. The molecule has 1 saturated heterocycles. The lowest BCUT2D eigenvalue weighted by Gasteiger charge is -2.33. The summed E-state index contributed by atoms with van der Waals surface area (Å²) in [6.07, 6.45) is 3.55. The number of aromatic nitrogens is 2. The number of nitrogens with one attached hydrogen (secondary N) is 2. The van der Waals surface area contributed by atoms with E-state index in [4.69, 9.17) is 0 Å². The molecule has 0 aliphatic carbocycles. The molecule has 150 valence electrons. The molecular weight excluding hydrogens is 458 g/mol. The molecule has 1 unspecified atom stereocenters. The van der Waals surface area contributed by atoms with Crippen molar-refractivity contribution >= 4 is 60.9 Å². The molecule has 0 radical (unpaired) electrons. The molecule has 10 heteroatoms. The van der Waals surface area contributed by atoms with Crippen molar-refractivity contribution in [3.05, 3.63) is 46.1 Å². The summed E-state index contributed by atoms with van der Waals surface area (Å²) in [5, 5.41) is 17.7. The fraction of sp³-hybridized carbons (Fsp3) is 0.263. The van der Waals surface area contributed by atoms with Gasteiger partial charge in [0.05, 0.1) is 38.3 Å². The maximum absolute atomic E-state index is 12.8. The molecule has 0 bridgehead atoms. The lowest BCUT2D eigenvalue weighted by Crippen LogP contribution is -2.48. The van der Waals surface area contributed by atoms with Gasteiger partial charge in [0.15, 0.2) is 0 Å². The van der Waals surface area contributed by atoms with Crippen LogP contribution in [0.25, 0.3) is 10.2 Å². The second-order valence-corrected chi connectivity index (χ2v) is 8.39. The highest BCUT2D eigenvalue weighted by atomic mass is 79.9. The van der Waals surface area contributed by atoms with Gasteiger partial charge in [0, 0.05) is 18.1 Å². The number of carboxylic acid groups (broad SMARTS) is 1. The third-order valence-corrected chi connectivity index (χ3v) is 6.60. The van der Waals surface area contributed by atoms with Crippen LogP contribution in [0.4, 0.5) is 16.2 Å². The second-order valence-electron chi connectivity index (χ2n) is 6.63. The molecule has 1 aliphatic rings. The molecule has 4 rings (SSSR count). The number of rotatable bonds is 4. The first-order valence-electron chi connectivity index (χ1n) is 9.06. The van der Waals surface area contributed by atoms with Crippen molar-refractivity contribution in [2.45, 2.75) is 18.9 Å². The summed E-state index contributed by atoms with van der Waals surface area (Å²) in [6, 6.07) is 4.88. The number of thiophene rings is 1. The van der Waals surface area contributed by atoms with Crippen molar-refractivity contribution in [1.29, 1.82) is 0 Å². The van der Waals surface area contributed by atoms with E-state index in [1.807, 2.05) is 11.4 Å². The van der Waals surface area contributed by atoms with E-state index < -0.39 is 12.0 Å². The number of halogens is 1. The van der Waals surface area contributed by atoms with Crippen LogP contribution in [0.5, 0.6) is 0 Å². The van der Waals surface area contributed by atoms with Crippen molar-refractivity contribution in [3.63, 3.8) is 0 Å². The molecule has 1 aliphatic heterocycles. The summed E-state index contributed by atoms with van der Waals surface area (Å²) in [7, 11) is 0. The Morgan fingerprint density at radius 1 is 1.34 bits per heavy atom. The topological polar surface area (TPSA) is 107 Å². The van der Waals surface area contributed by atoms with E-state index >= 15 is 0 Å². The molecule has 3 N–H and O–H groups in total. The summed E-state index contributed by atoms with van der Waals surface area (Å²) in [6.45, 7) is 1.43.